The molecule has 0 radical (unpaired) electrons. The van der Waals surface area contributed by atoms with E-state index >= 15 is 0 Å². The van der Waals surface area contributed by atoms with Gasteiger partial charge in [0.15, 0.2) is 0 Å². The number of carboxylic acids is 1. The smallest absolute Gasteiger partial charge is 0.329 e. The molecule has 0 aromatic heterocycles. The first-order chi connectivity index (χ1) is 9.78. The van der Waals surface area contributed by atoms with Gasteiger partial charge in [0.2, 0.25) is 5.91 Å². The lowest BCUT2D eigenvalue weighted by atomic mass is 9.95. The molecule has 0 bridgehead atoms. The second kappa shape index (κ2) is 7.25. The first kappa shape index (κ1) is 17.2. The van der Waals surface area contributed by atoms with Crippen LogP contribution in [0.25, 0.3) is 0 Å². The summed E-state index contributed by atoms with van der Waals surface area (Å²) in [6.45, 7) is 7.53. The number of benzene rings is 1. The van der Waals surface area contributed by atoms with Crippen LogP contribution in [-0.4, -0.2) is 22.5 Å². The van der Waals surface area contributed by atoms with Crippen LogP contribution in [0.15, 0.2) is 18.2 Å². The molecule has 0 saturated carbocycles. The van der Waals surface area contributed by atoms with Crippen molar-refractivity contribution >= 4 is 11.9 Å². The number of carboxylic acid groups (broad SMARTS) is 1. The van der Waals surface area contributed by atoms with Gasteiger partial charge in [-0.25, -0.2) is 4.79 Å². The molecular formula is C17H25NO3. The minimum absolute atomic E-state index is 0.215. The predicted octanol–water partition coefficient (Wildman–Crippen LogP) is 3.00. The van der Waals surface area contributed by atoms with E-state index in [-0.39, 0.29) is 5.91 Å². The maximum absolute atomic E-state index is 12.0. The first-order valence-corrected chi connectivity index (χ1v) is 7.39. The Kier molecular flexibility index (Phi) is 5.94. The van der Waals surface area contributed by atoms with E-state index in [2.05, 4.69) is 11.4 Å². The molecule has 1 atom stereocenters. The van der Waals surface area contributed by atoms with Crippen molar-refractivity contribution in [1.29, 1.82) is 0 Å². The summed E-state index contributed by atoms with van der Waals surface area (Å²) in [5.41, 5.74) is 2.32. The molecule has 0 aliphatic carbocycles. The van der Waals surface area contributed by atoms with Crippen LogP contribution < -0.4 is 5.32 Å². The summed E-state index contributed by atoms with van der Waals surface area (Å²) in [6.07, 6.45) is 2.06. The topological polar surface area (TPSA) is 66.4 Å². The molecule has 0 spiro atoms. The number of hydrogen-bond acceptors (Lipinski definition) is 2. The summed E-state index contributed by atoms with van der Waals surface area (Å²) >= 11 is 0. The fourth-order valence-electron chi connectivity index (χ4n) is 2.47. The molecule has 1 aromatic rings. The highest BCUT2D eigenvalue weighted by atomic mass is 16.4. The molecule has 1 unspecified atom stereocenters. The van der Waals surface area contributed by atoms with Gasteiger partial charge >= 0.3 is 5.97 Å². The second-order valence-electron chi connectivity index (χ2n) is 5.87. The van der Waals surface area contributed by atoms with E-state index in [9.17, 15) is 14.7 Å². The zero-order valence-corrected chi connectivity index (χ0v) is 13.3. The summed E-state index contributed by atoms with van der Waals surface area (Å²) in [5.74, 6) is -1.20. The Labute approximate surface area is 126 Å². The SMILES string of the molecule is CCCC(C)(NC(=O)CCc1ccc(C)cc1C)C(=O)O. The molecule has 0 saturated heterocycles. The summed E-state index contributed by atoms with van der Waals surface area (Å²) in [5, 5.41) is 11.9. The minimum atomic E-state index is -1.17. The quantitative estimate of drug-likeness (QED) is 0.811. The maximum atomic E-state index is 12.0. The number of amides is 1. The molecule has 2 N–H and O–H groups in total. The predicted molar refractivity (Wildman–Crippen MR) is 83.3 cm³/mol. The fraction of sp³-hybridized carbons (Fsp3) is 0.529. The van der Waals surface area contributed by atoms with Gasteiger partial charge in [-0.2, -0.15) is 0 Å². The van der Waals surface area contributed by atoms with Crippen LogP contribution in [0.4, 0.5) is 0 Å². The minimum Gasteiger partial charge on any atom is -0.480 e. The Balaban J connectivity index is 2.63. The van der Waals surface area contributed by atoms with E-state index in [1.165, 1.54) is 5.56 Å². The van der Waals surface area contributed by atoms with Gasteiger partial charge in [0.1, 0.15) is 5.54 Å². The molecular weight excluding hydrogens is 266 g/mol. The number of aryl methyl sites for hydroxylation is 3. The number of carbonyl (C=O) groups is 2. The molecule has 0 aliphatic rings. The Bertz CT molecular complexity index is 525. The van der Waals surface area contributed by atoms with Gasteiger partial charge in [-0.15, -0.1) is 0 Å². The van der Waals surface area contributed by atoms with E-state index in [1.54, 1.807) is 6.92 Å². The molecule has 4 heteroatoms. The molecule has 0 heterocycles. The Hall–Kier alpha value is -1.84. The van der Waals surface area contributed by atoms with Gasteiger partial charge in [0, 0.05) is 6.42 Å². The molecule has 1 rings (SSSR count). The third-order valence-corrected chi connectivity index (χ3v) is 3.76. The molecule has 0 aliphatic heterocycles. The van der Waals surface area contributed by atoms with Crippen molar-refractivity contribution in [2.24, 2.45) is 0 Å². The molecule has 21 heavy (non-hydrogen) atoms. The molecule has 4 nitrogen and oxygen atoms in total. The highest BCUT2D eigenvalue weighted by Crippen LogP contribution is 2.15. The Morgan fingerprint density at radius 1 is 1.29 bits per heavy atom. The summed E-state index contributed by atoms with van der Waals surface area (Å²) in [7, 11) is 0. The largest absolute Gasteiger partial charge is 0.480 e. The van der Waals surface area contributed by atoms with Gasteiger partial charge in [-0.3, -0.25) is 4.79 Å². The van der Waals surface area contributed by atoms with Gasteiger partial charge in [0.05, 0.1) is 0 Å². The van der Waals surface area contributed by atoms with E-state index in [1.807, 2.05) is 32.9 Å². The summed E-state index contributed by atoms with van der Waals surface area (Å²) in [6, 6.07) is 6.14. The zero-order chi connectivity index (χ0) is 16.0. The van der Waals surface area contributed by atoms with Crippen LogP contribution >= 0.6 is 0 Å². The monoisotopic (exact) mass is 291 g/mol. The van der Waals surface area contributed by atoms with Crippen LogP contribution in [0.1, 0.15) is 49.8 Å². The van der Waals surface area contributed by atoms with Crippen molar-refractivity contribution in [2.75, 3.05) is 0 Å². The van der Waals surface area contributed by atoms with Crippen molar-refractivity contribution in [3.8, 4) is 0 Å². The highest BCUT2D eigenvalue weighted by molar-refractivity contribution is 5.86. The van der Waals surface area contributed by atoms with Gasteiger partial charge in [-0.05, 0) is 44.7 Å². The van der Waals surface area contributed by atoms with Crippen LogP contribution in [0.3, 0.4) is 0 Å². The number of aliphatic carboxylic acids is 1. The van der Waals surface area contributed by atoms with E-state index in [0.717, 1.165) is 11.1 Å². The average Bonchev–Trinajstić information content (AvgIpc) is 2.37. The lowest BCUT2D eigenvalue weighted by Gasteiger charge is -2.25. The Morgan fingerprint density at radius 3 is 2.48 bits per heavy atom. The van der Waals surface area contributed by atoms with Crippen LogP contribution in [0.5, 0.6) is 0 Å². The zero-order valence-electron chi connectivity index (χ0n) is 13.3. The van der Waals surface area contributed by atoms with Crippen LogP contribution in [-0.2, 0) is 16.0 Å². The molecule has 0 fully saturated rings. The van der Waals surface area contributed by atoms with E-state index in [4.69, 9.17) is 0 Å². The number of nitrogens with one attached hydrogen (secondary N) is 1. The first-order valence-electron chi connectivity index (χ1n) is 7.39. The normalized spacial score (nSPS) is 13.5. The standard InChI is InChI=1S/C17H25NO3/c1-5-10-17(4,16(20)21)18-15(19)9-8-14-7-6-12(2)11-13(14)3/h6-7,11H,5,8-10H2,1-4H3,(H,18,19)(H,20,21). The third-order valence-electron chi connectivity index (χ3n) is 3.76. The lowest BCUT2D eigenvalue weighted by Crippen LogP contribution is -2.52. The third kappa shape index (κ3) is 4.88. The van der Waals surface area contributed by atoms with Crippen molar-refractivity contribution in [3.63, 3.8) is 0 Å². The van der Waals surface area contributed by atoms with Crippen molar-refractivity contribution in [3.05, 3.63) is 34.9 Å². The van der Waals surface area contributed by atoms with Crippen LogP contribution in [0, 0.1) is 13.8 Å². The van der Waals surface area contributed by atoms with Crippen LogP contribution in [0.2, 0.25) is 0 Å². The number of carbonyl (C=O) groups excluding carboxylic acids is 1. The van der Waals surface area contributed by atoms with Gasteiger partial charge in [-0.1, -0.05) is 37.1 Å². The summed E-state index contributed by atoms with van der Waals surface area (Å²) in [4.78, 5) is 23.3. The van der Waals surface area contributed by atoms with Crippen molar-refractivity contribution in [1.82, 2.24) is 5.32 Å². The molecule has 1 aromatic carbocycles. The molecule has 116 valence electrons. The Morgan fingerprint density at radius 2 is 1.95 bits per heavy atom. The highest BCUT2D eigenvalue weighted by Gasteiger charge is 2.33. The number of rotatable bonds is 7. The van der Waals surface area contributed by atoms with Gasteiger partial charge < -0.3 is 10.4 Å². The van der Waals surface area contributed by atoms with E-state index in [0.29, 0.717) is 25.7 Å². The lowest BCUT2D eigenvalue weighted by molar-refractivity contribution is -0.147. The summed E-state index contributed by atoms with van der Waals surface area (Å²) < 4.78 is 0. The van der Waals surface area contributed by atoms with Crippen molar-refractivity contribution < 1.29 is 14.7 Å². The average molecular weight is 291 g/mol. The van der Waals surface area contributed by atoms with Gasteiger partial charge in [0.25, 0.3) is 0 Å². The molecule has 1 amide bonds. The number of hydrogen-bond donors (Lipinski definition) is 2. The van der Waals surface area contributed by atoms with E-state index < -0.39 is 11.5 Å². The second-order valence-corrected chi connectivity index (χ2v) is 5.87. The van der Waals surface area contributed by atoms with Crippen molar-refractivity contribution in [2.45, 2.75) is 58.9 Å². The maximum Gasteiger partial charge on any atom is 0.329 e. The fourth-order valence-corrected chi connectivity index (χ4v) is 2.47.